The first-order chi connectivity index (χ1) is 7.35. The number of aromatic amines is 2. The van der Waals surface area contributed by atoms with Crippen molar-refractivity contribution in [1.82, 2.24) is 15.0 Å². The molecule has 4 nitrogen and oxygen atoms in total. The number of H-pyrrole nitrogens is 2. The second-order valence-corrected chi connectivity index (χ2v) is 3.37. The Labute approximate surface area is 88.0 Å². The Bertz CT molecular complexity index is 461. The Balaban J connectivity index is 2.29. The minimum Gasteiger partial charge on any atom is -0.367 e. The normalized spacial score (nSPS) is 12.3. The molecule has 0 aliphatic rings. The van der Waals surface area contributed by atoms with Gasteiger partial charge in [0.2, 0.25) is 0 Å². The molecule has 0 saturated heterocycles. The molecule has 0 radical (unpaired) electrons. The van der Waals surface area contributed by atoms with Gasteiger partial charge in [0.05, 0.1) is 18.0 Å². The summed E-state index contributed by atoms with van der Waals surface area (Å²) in [4.78, 5) is 10.4. The van der Waals surface area contributed by atoms with E-state index in [1.807, 2.05) is 25.4 Å². The Morgan fingerprint density at radius 2 is 2.47 bits per heavy atom. The highest BCUT2D eigenvalue weighted by atomic mass is 14.9. The van der Waals surface area contributed by atoms with E-state index in [1.54, 1.807) is 6.20 Å². The maximum atomic E-state index is 8.90. The third-order valence-electron chi connectivity index (χ3n) is 2.40. The number of nitrogens with one attached hydrogen (secondary N) is 2. The van der Waals surface area contributed by atoms with Crippen LogP contribution in [0.5, 0.6) is 0 Å². The molecule has 0 amide bonds. The molecule has 0 saturated carbocycles. The van der Waals surface area contributed by atoms with Gasteiger partial charge in [-0.05, 0) is 12.5 Å². The molecule has 1 unspecified atom stereocenters. The summed E-state index contributed by atoms with van der Waals surface area (Å²) in [6.07, 6.45) is 6.29. The number of hydrogen-bond donors (Lipinski definition) is 2. The lowest BCUT2D eigenvalue weighted by atomic mass is 10.1. The van der Waals surface area contributed by atoms with Crippen LogP contribution in [0.15, 0.2) is 24.7 Å². The number of nitrogens with zero attached hydrogens (tertiary/aromatic N) is 2. The van der Waals surface area contributed by atoms with Crippen LogP contribution in [0.1, 0.15) is 25.1 Å². The molecule has 2 aromatic rings. The van der Waals surface area contributed by atoms with Gasteiger partial charge in [0, 0.05) is 18.0 Å². The summed E-state index contributed by atoms with van der Waals surface area (Å²) in [5.41, 5.74) is 2.00. The van der Waals surface area contributed by atoms with Gasteiger partial charge in [-0.15, -0.1) is 0 Å². The molecule has 2 aromatic heterocycles. The second-order valence-electron chi connectivity index (χ2n) is 3.37. The molecule has 2 rings (SSSR count). The zero-order valence-electron chi connectivity index (χ0n) is 8.49. The average molecular weight is 200 g/mol. The molecule has 0 aliphatic heterocycles. The standard InChI is InChI=1S/C11H12N4/c1-2-8(5-12)11-14-7-10(15-11)9-3-4-13-6-9/h3-4,6-8,13H,2H2,1H3,(H,14,15). The first kappa shape index (κ1) is 9.53. The first-order valence-electron chi connectivity index (χ1n) is 4.92. The van der Waals surface area contributed by atoms with Gasteiger partial charge in [-0.3, -0.25) is 0 Å². The van der Waals surface area contributed by atoms with Gasteiger partial charge in [-0.1, -0.05) is 6.92 Å². The lowest BCUT2D eigenvalue weighted by molar-refractivity contribution is 0.766. The topological polar surface area (TPSA) is 68.3 Å². The van der Waals surface area contributed by atoms with Crippen LogP contribution in [0.2, 0.25) is 0 Å². The van der Waals surface area contributed by atoms with Gasteiger partial charge in [0.1, 0.15) is 11.7 Å². The van der Waals surface area contributed by atoms with Gasteiger partial charge in [0.25, 0.3) is 0 Å². The van der Waals surface area contributed by atoms with Gasteiger partial charge < -0.3 is 9.97 Å². The molecule has 0 bridgehead atoms. The van der Waals surface area contributed by atoms with Crippen molar-refractivity contribution in [3.63, 3.8) is 0 Å². The first-order valence-corrected chi connectivity index (χ1v) is 4.92. The molecule has 4 heteroatoms. The molecule has 0 spiro atoms. The smallest absolute Gasteiger partial charge is 0.123 e. The lowest BCUT2D eigenvalue weighted by Crippen LogP contribution is -1.95. The molecule has 76 valence electrons. The van der Waals surface area contributed by atoms with Gasteiger partial charge >= 0.3 is 0 Å². The third kappa shape index (κ3) is 1.77. The zero-order valence-corrected chi connectivity index (χ0v) is 8.49. The molecule has 0 fully saturated rings. The van der Waals surface area contributed by atoms with Crippen molar-refractivity contribution in [2.45, 2.75) is 19.3 Å². The number of hydrogen-bond acceptors (Lipinski definition) is 2. The number of imidazole rings is 1. The SMILES string of the molecule is CCC(C#N)c1ncc(-c2cc[nH]c2)[nH]1. The van der Waals surface area contributed by atoms with E-state index in [2.05, 4.69) is 21.0 Å². The van der Waals surface area contributed by atoms with Crippen molar-refractivity contribution in [2.24, 2.45) is 0 Å². The van der Waals surface area contributed by atoms with Crippen molar-refractivity contribution in [3.8, 4) is 17.3 Å². The molecular weight excluding hydrogens is 188 g/mol. The Morgan fingerprint density at radius 3 is 3.07 bits per heavy atom. The van der Waals surface area contributed by atoms with Crippen LogP contribution in [0.4, 0.5) is 0 Å². The molecular formula is C11H12N4. The van der Waals surface area contributed by atoms with Crippen molar-refractivity contribution >= 4 is 0 Å². The fourth-order valence-corrected chi connectivity index (χ4v) is 1.50. The monoisotopic (exact) mass is 200 g/mol. The van der Waals surface area contributed by atoms with E-state index in [9.17, 15) is 0 Å². The summed E-state index contributed by atoms with van der Waals surface area (Å²) in [5, 5.41) is 8.90. The van der Waals surface area contributed by atoms with Crippen LogP contribution in [-0.2, 0) is 0 Å². The number of aromatic nitrogens is 3. The fraction of sp³-hybridized carbons (Fsp3) is 0.273. The van der Waals surface area contributed by atoms with E-state index < -0.39 is 0 Å². The van der Waals surface area contributed by atoms with E-state index >= 15 is 0 Å². The third-order valence-corrected chi connectivity index (χ3v) is 2.40. The van der Waals surface area contributed by atoms with E-state index in [4.69, 9.17) is 5.26 Å². The highest BCUT2D eigenvalue weighted by Gasteiger charge is 2.12. The summed E-state index contributed by atoms with van der Waals surface area (Å²) >= 11 is 0. The van der Waals surface area contributed by atoms with E-state index in [-0.39, 0.29) is 5.92 Å². The molecule has 2 N–H and O–H groups in total. The average Bonchev–Trinajstić information content (AvgIpc) is 2.89. The summed E-state index contributed by atoms with van der Waals surface area (Å²) < 4.78 is 0. The lowest BCUT2D eigenvalue weighted by Gasteiger charge is -1.99. The predicted molar refractivity (Wildman–Crippen MR) is 57.0 cm³/mol. The van der Waals surface area contributed by atoms with Crippen LogP contribution in [0.3, 0.4) is 0 Å². The minimum atomic E-state index is -0.141. The second kappa shape index (κ2) is 4.01. The quantitative estimate of drug-likeness (QED) is 0.798. The summed E-state index contributed by atoms with van der Waals surface area (Å²) in [6, 6.07) is 4.19. The van der Waals surface area contributed by atoms with Crippen LogP contribution in [0, 0.1) is 11.3 Å². The Hall–Kier alpha value is -2.02. The van der Waals surface area contributed by atoms with Gasteiger partial charge in [-0.25, -0.2) is 4.98 Å². The fourth-order valence-electron chi connectivity index (χ4n) is 1.50. The maximum absolute atomic E-state index is 8.90. The number of nitriles is 1. The largest absolute Gasteiger partial charge is 0.367 e. The van der Waals surface area contributed by atoms with Crippen molar-refractivity contribution < 1.29 is 0 Å². The highest BCUT2D eigenvalue weighted by molar-refractivity contribution is 5.57. The predicted octanol–water partition coefficient (Wildman–Crippen LogP) is 2.42. The van der Waals surface area contributed by atoms with E-state index in [0.717, 1.165) is 23.5 Å². The van der Waals surface area contributed by atoms with Crippen molar-refractivity contribution in [2.75, 3.05) is 0 Å². The maximum Gasteiger partial charge on any atom is 0.123 e. The molecule has 0 aromatic carbocycles. The summed E-state index contributed by atoms with van der Waals surface area (Å²) in [7, 11) is 0. The Morgan fingerprint density at radius 1 is 1.60 bits per heavy atom. The van der Waals surface area contributed by atoms with Gasteiger partial charge in [-0.2, -0.15) is 5.26 Å². The minimum absolute atomic E-state index is 0.141. The van der Waals surface area contributed by atoms with Crippen LogP contribution in [-0.4, -0.2) is 15.0 Å². The molecule has 2 heterocycles. The Kier molecular flexibility index (Phi) is 2.55. The summed E-state index contributed by atoms with van der Waals surface area (Å²) in [6.45, 7) is 1.98. The van der Waals surface area contributed by atoms with Gasteiger partial charge in [0.15, 0.2) is 0 Å². The highest BCUT2D eigenvalue weighted by Crippen LogP contribution is 2.20. The molecule has 1 atom stereocenters. The zero-order chi connectivity index (χ0) is 10.7. The number of rotatable bonds is 3. The molecule has 0 aliphatic carbocycles. The van der Waals surface area contributed by atoms with Crippen LogP contribution >= 0.6 is 0 Å². The van der Waals surface area contributed by atoms with Crippen LogP contribution in [0.25, 0.3) is 11.3 Å². The van der Waals surface area contributed by atoms with Crippen molar-refractivity contribution in [3.05, 3.63) is 30.5 Å². The van der Waals surface area contributed by atoms with E-state index in [0.29, 0.717) is 0 Å². The van der Waals surface area contributed by atoms with Crippen molar-refractivity contribution in [1.29, 1.82) is 5.26 Å². The van der Waals surface area contributed by atoms with Crippen LogP contribution < -0.4 is 0 Å². The molecule has 15 heavy (non-hydrogen) atoms. The summed E-state index contributed by atoms with van der Waals surface area (Å²) in [5.74, 6) is 0.605. The van der Waals surface area contributed by atoms with E-state index in [1.165, 1.54) is 0 Å².